The second kappa shape index (κ2) is 4.69. The fraction of sp³-hybridized carbons (Fsp3) is 0.500. The lowest BCUT2D eigenvalue weighted by Crippen LogP contribution is -2.04. The van der Waals surface area contributed by atoms with E-state index in [9.17, 15) is 4.79 Å². The van der Waals surface area contributed by atoms with Crippen LogP contribution in [0.4, 0.5) is 0 Å². The number of benzene rings is 1. The maximum atomic E-state index is 11.4. The Hall–Kier alpha value is -1.31. The normalized spacial score (nSPS) is 16.4. The van der Waals surface area contributed by atoms with Gasteiger partial charge in [-0.05, 0) is 42.9 Å². The smallest absolute Gasteiger partial charge is 0.338 e. The van der Waals surface area contributed by atoms with Gasteiger partial charge in [-0.15, -0.1) is 0 Å². The molecular weight excluding hydrogens is 200 g/mol. The predicted molar refractivity (Wildman–Crippen MR) is 63.7 cm³/mol. The third-order valence-corrected chi connectivity index (χ3v) is 3.48. The first kappa shape index (κ1) is 11.2. The van der Waals surface area contributed by atoms with Gasteiger partial charge in [0.25, 0.3) is 0 Å². The Morgan fingerprint density at radius 2 is 2.00 bits per heavy atom. The molecule has 0 unspecified atom stereocenters. The number of carbonyl (C=O) groups excluding carboxylic acids is 1. The minimum Gasteiger partial charge on any atom is -0.465 e. The molecule has 0 bridgehead atoms. The van der Waals surface area contributed by atoms with Crippen molar-refractivity contribution < 1.29 is 9.53 Å². The highest BCUT2D eigenvalue weighted by Crippen LogP contribution is 2.34. The van der Waals surface area contributed by atoms with Crippen molar-refractivity contribution in [3.8, 4) is 0 Å². The Balaban J connectivity index is 2.25. The molecular formula is C14H18O2. The zero-order chi connectivity index (χ0) is 11.5. The summed E-state index contributed by atoms with van der Waals surface area (Å²) in [7, 11) is 1.42. The van der Waals surface area contributed by atoms with Crippen LogP contribution in [0.2, 0.25) is 0 Å². The van der Waals surface area contributed by atoms with Crippen molar-refractivity contribution in [3.63, 3.8) is 0 Å². The van der Waals surface area contributed by atoms with Crippen molar-refractivity contribution >= 4 is 5.97 Å². The van der Waals surface area contributed by atoms with Crippen LogP contribution in [-0.4, -0.2) is 13.1 Å². The van der Waals surface area contributed by atoms with Crippen LogP contribution in [-0.2, 0) is 4.74 Å². The van der Waals surface area contributed by atoms with E-state index in [1.807, 2.05) is 13.0 Å². The van der Waals surface area contributed by atoms with Gasteiger partial charge in [0.05, 0.1) is 12.7 Å². The summed E-state index contributed by atoms with van der Waals surface area (Å²) >= 11 is 0. The van der Waals surface area contributed by atoms with E-state index < -0.39 is 0 Å². The van der Waals surface area contributed by atoms with E-state index in [1.165, 1.54) is 38.4 Å². The molecule has 86 valence electrons. The molecule has 2 heteroatoms. The average Bonchev–Trinajstić information content (AvgIpc) is 2.81. The monoisotopic (exact) mass is 218 g/mol. The number of aryl methyl sites for hydroxylation is 1. The summed E-state index contributed by atoms with van der Waals surface area (Å²) < 4.78 is 4.74. The molecule has 0 heterocycles. The fourth-order valence-electron chi connectivity index (χ4n) is 2.54. The molecule has 0 amide bonds. The lowest BCUT2D eigenvalue weighted by atomic mass is 9.94. The first-order valence-electron chi connectivity index (χ1n) is 5.91. The second-order valence-corrected chi connectivity index (χ2v) is 4.55. The molecule has 0 saturated heterocycles. The molecule has 16 heavy (non-hydrogen) atoms. The van der Waals surface area contributed by atoms with Crippen molar-refractivity contribution in [2.75, 3.05) is 7.11 Å². The summed E-state index contributed by atoms with van der Waals surface area (Å²) in [6.07, 6.45) is 5.25. The molecule has 0 radical (unpaired) electrons. The standard InChI is InChI=1S/C14H18O2/c1-10-9-12(11-5-3-4-6-11)7-8-13(10)14(15)16-2/h7-9,11H,3-6H2,1-2H3. The number of rotatable bonds is 2. The van der Waals surface area contributed by atoms with Gasteiger partial charge in [-0.25, -0.2) is 4.79 Å². The summed E-state index contributed by atoms with van der Waals surface area (Å²) in [5, 5.41) is 0. The molecule has 1 fully saturated rings. The minimum absolute atomic E-state index is 0.240. The molecule has 0 aliphatic heterocycles. The number of carbonyl (C=O) groups is 1. The Labute approximate surface area is 96.6 Å². The van der Waals surface area contributed by atoms with Crippen LogP contribution in [0.15, 0.2) is 18.2 Å². The van der Waals surface area contributed by atoms with E-state index in [0.717, 1.165) is 5.56 Å². The lowest BCUT2D eigenvalue weighted by Gasteiger charge is -2.12. The number of hydrogen-bond acceptors (Lipinski definition) is 2. The molecule has 0 aromatic heterocycles. The molecule has 0 spiro atoms. The van der Waals surface area contributed by atoms with Crippen LogP contribution in [0.25, 0.3) is 0 Å². The molecule has 1 saturated carbocycles. The predicted octanol–water partition coefficient (Wildman–Crippen LogP) is 3.44. The number of ether oxygens (including phenoxy) is 1. The summed E-state index contributed by atoms with van der Waals surface area (Å²) in [5.41, 5.74) is 3.09. The maximum Gasteiger partial charge on any atom is 0.338 e. The van der Waals surface area contributed by atoms with Crippen LogP contribution >= 0.6 is 0 Å². The largest absolute Gasteiger partial charge is 0.465 e. The van der Waals surface area contributed by atoms with Gasteiger partial charge in [0, 0.05) is 0 Å². The van der Waals surface area contributed by atoms with E-state index in [4.69, 9.17) is 4.74 Å². The number of methoxy groups -OCH3 is 1. The highest BCUT2D eigenvalue weighted by Gasteiger charge is 2.18. The zero-order valence-corrected chi connectivity index (χ0v) is 9.95. The second-order valence-electron chi connectivity index (χ2n) is 4.55. The highest BCUT2D eigenvalue weighted by atomic mass is 16.5. The van der Waals surface area contributed by atoms with Gasteiger partial charge in [-0.2, -0.15) is 0 Å². The van der Waals surface area contributed by atoms with Gasteiger partial charge < -0.3 is 4.74 Å². The Kier molecular flexibility index (Phi) is 3.28. The van der Waals surface area contributed by atoms with E-state index >= 15 is 0 Å². The SMILES string of the molecule is COC(=O)c1ccc(C2CCCC2)cc1C. The van der Waals surface area contributed by atoms with Crippen molar-refractivity contribution in [2.45, 2.75) is 38.5 Å². The van der Waals surface area contributed by atoms with Gasteiger partial charge in [0.1, 0.15) is 0 Å². The van der Waals surface area contributed by atoms with Crippen molar-refractivity contribution in [1.82, 2.24) is 0 Å². The summed E-state index contributed by atoms with van der Waals surface area (Å²) in [5.74, 6) is 0.459. The van der Waals surface area contributed by atoms with Gasteiger partial charge in [-0.1, -0.05) is 25.0 Å². The topological polar surface area (TPSA) is 26.3 Å². The molecule has 2 rings (SSSR count). The van der Waals surface area contributed by atoms with Crippen LogP contribution in [0, 0.1) is 6.92 Å². The molecule has 1 aliphatic carbocycles. The first-order chi connectivity index (χ1) is 7.72. The quantitative estimate of drug-likeness (QED) is 0.711. The minimum atomic E-state index is -0.240. The van der Waals surface area contributed by atoms with Crippen LogP contribution in [0.1, 0.15) is 53.1 Å². The number of hydrogen-bond donors (Lipinski definition) is 0. The van der Waals surface area contributed by atoms with E-state index in [2.05, 4.69) is 12.1 Å². The van der Waals surface area contributed by atoms with Gasteiger partial charge >= 0.3 is 5.97 Å². The third-order valence-electron chi connectivity index (χ3n) is 3.48. The van der Waals surface area contributed by atoms with Crippen LogP contribution in [0.5, 0.6) is 0 Å². The Morgan fingerprint density at radius 1 is 1.31 bits per heavy atom. The van der Waals surface area contributed by atoms with E-state index in [1.54, 1.807) is 0 Å². The van der Waals surface area contributed by atoms with Gasteiger partial charge in [-0.3, -0.25) is 0 Å². The molecule has 1 aliphatic rings. The van der Waals surface area contributed by atoms with E-state index in [-0.39, 0.29) is 5.97 Å². The van der Waals surface area contributed by atoms with Gasteiger partial charge in [0.2, 0.25) is 0 Å². The summed E-state index contributed by atoms with van der Waals surface area (Å²) in [4.78, 5) is 11.4. The highest BCUT2D eigenvalue weighted by molar-refractivity contribution is 5.91. The Morgan fingerprint density at radius 3 is 2.56 bits per heavy atom. The molecule has 2 nitrogen and oxygen atoms in total. The van der Waals surface area contributed by atoms with Crippen molar-refractivity contribution in [3.05, 3.63) is 34.9 Å². The summed E-state index contributed by atoms with van der Waals surface area (Å²) in [6.45, 7) is 1.98. The lowest BCUT2D eigenvalue weighted by molar-refractivity contribution is 0.0600. The number of esters is 1. The fourth-order valence-corrected chi connectivity index (χ4v) is 2.54. The summed E-state index contributed by atoms with van der Waals surface area (Å²) in [6, 6.07) is 6.12. The van der Waals surface area contributed by atoms with Gasteiger partial charge in [0.15, 0.2) is 0 Å². The van der Waals surface area contributed by atoms with E-state index in [0.29, 0.717) is 11.5 Å². The Bertz CT molecular complexity index is 390. The zero-order valence-electron chi connectivity index (χ0n) is 9.95. The molecule has 0 atom stereocenters. The molecule has 0 N–H and O–H groups in total. The average molecular weight is 218 g/mol. The van der Waals surface area contributed by atoms with Crippen LogP contribution in [0.3, 0.4) is 0 Å². The van der Waals surface area contributed by atoms with Crippen LogP contribution < -0.4 is 0 Å². The van der Waals surface area contributed by atoms with Crippen molar-refractivity contribution in [1.29, 1.82) is 0 Å². The maximum absolute atomic E-state index is 11.4. The third kappa shape index (κ3) is 2.11. The molecule has 1 aromatic rings. The first-order valence-corrected chi connectivity index (χ1v) is 5.91. The molecule has 1 aromatic carbocycles. The van der Waals surface area contributed by atoms with Crippen molar-refractivity contribution in [2.24, 2.45) is 0 Å².